The topological polar surface area (TPSA) is 50.2 Å². The van der Waals surface area contributed by atoms with E-state index in [0.29, 0.717) is 18.5 Å². The van der Waals surface area contributed by atoms with E-state index in [9.17, 15) is 13.6 Å². The highest BCUT2D eigenvalue weighted by molar-refractivity contribution is 5.90. The Balaban J connectivity index is 1.46. The van der Waals surface area contributed by atoms with Crippen LogP contribution in [0.3, 0.4) is 0 Å². The summed E-state index contributed by atoms with van der Waals surface area (Å²) in [7, 11) is 0. The van der Waals surface area contributed by atoms with Gasteiger partial charge in [0.05, 0.1) is 5.69 Å². The summed E-state index contributed by atoms with van der Waals surface area (Å²) < 4.78 is 29.0. The second-order valence-electron chi connectivity index (χ2n) is 7.32. The minimum Gasteiger partial charge on any atom is -0.332 e. The molecule has 0 saturated carbocycles. The van der Waals surface area contributed by atoms with Crippen molar-refractivity contribution in [1.82, 2.24) is 14.5 Å². The molecule has 1 saturated heterocycles. The van der Waals surface area contributed by atoms with Gasteiger partial charge in [0.2, 0.25) is 5.91 Å². The maximum atomic E-state index is 13.6. The monoisotopic (exact) mass is 376 g/mol. The number of halogens is 2. The van der Waals surface area contributed by atoms with E-state index in [-0.39, 0.29) is 18.0 Å². The van der Waals surface area contributed by atoms with Crippen LogP contribution in [0.25, 0.3) is 0 Å². The van der Waals surface area contributed by atoms with Crippen molar-refractivity contribution < 1.29 is 13.6 Å². The van der Waals surface area contributed by atoms with E-state index >= 15 is 0 Å². The Morgan fingerprint density at radius 1 is 1.30 bits per heavy atom. The number of piperidine rings is 1. The van der Waals surface area contributed by atoms with Gasteiger partial charge in [-0.25, -0.2) is 13.8 Å². The number of carbonyl (C=O) groups excluding carboxylic acids is 1. The van der Waals surface area contributed by atoms with Crippen LogP contribution in [0.2, 0.25) is 0 Å². The van der Waals surface area contributed by atoms with Crippen molar-refractivity contribution >= 4 is 11.6 Å². The van der Waals surface area contributed by atoms with E-state index in [2.05, 4.69) is 33.6 Å². The van der Waals surface area contributed by atoms with E-state index in [1.165, 1.54) is 0 Å². The van der Waals surface area contributed by atoms with Crippen LogP contribution in [0.1, 0.15) is 50.9 Å². The number of hydrogen-bond acceptors (Lipinski definition) is 3. The lowest BCUT2D eigenvalue weighted by Crippen LogP contribution is -2.35. The molecule has 1 aliphatic rings. The Morgan fingerprint density at radius 2 is 2.04 bits per heavy atom. The Labute approximate surface area is 158 Å². The minimum atomic E-state index is -0.633. The highest BCUT2D eigenvalue weighted by Crippen LogP contribution is 2.28. The molecule has 1 N–H and O–H groups in total. The molecule has 1 aromatic carbocycles. The number of carbonyl (C=O) groups is 1. The molecule has 146 valence electrons. The van der Waals surface area contributed by atoms with Gasteiger partial charge in [0.1, 0.15) is 17.5 Å². The minimum absolute atomic E-state index is 0.112. The average Bonchev–Trinajstić information content (AvgIpc) is 3.13. The van der Waals surface area contributed by atoms with Crippen molar-refractivity contribution in [3.8, 4) is 0 Å². The van der Waals surface area contributed by atoms with Gasteiger partial charge in [-0.2, -0.15) is 0 Å². The molecule has 2 aromatic rings. The van der Waals surface area contributed by atoms with Crippen LogP contribution in [0.5, 0.6) is 0 Å². The Kier molecular flexibility index (Phi) is 6.21. The molecule has 0 unspecified atom stereocenters. The van der Waals surface area contributed by atoms with E-state index in [4.69, 9.17) is 0 Å². The number of anilines is 1. The maximum Gasteiger partial charge on any atom is 0.225 e. The lowest BCUT2D eigenvalue weighted by Gasteiger charge is -2.32. The summed E-state index contributed by atoms with van der Waals surface area (Å²) in [6, 6.07) is 3.43. The summed E-state index contributed by atoms with van der Waals surface area (Å²) in [5.41, 5.74) is -0.112. The summed E-state index contributed by atoms with van der Waals surface area (Å²) in [5.74, 6) is 0.0644. The van der Waals surface area contributed by atoms with E-state index < -0.39 is 11.6 Å². The van der Waals surface area contributed by atoms with Crippen LogP contribution in [0.4, 0.5) is 14.5 Å². The number of rotatable bonds is 6. The highest BCUT2D eigenvalue weighted by atomic mass is 19.1. The number of hydrogen-bond donors (Lipinski definition) is 1. The molecule has 1 aliphatic heterocycles. The zero-order chi connectivity index (χ0) is 19.4. The molecule has 0 spiro atoms. The largest absolute Gasteiger partial charge is 0.332 e. The van der Waals surface area contributed by atoms with E-state index in [1.54, 1.807) is 0 Å². The van der Waals surface area contributed by atoms with Crippen LogP contribution < -0.4 is 5.32 Å². The van der Waals surface area contributed by atoms with E-state index in [0.717, 1.165) is 50.0 Å². The molecule has 1 fully saturated rings. The molecule has 0 atom stereocenters. The Hall–Kier alpha value is -2.28. The first-order chi connectivity index (χ1) is 12.9. The normalized spacial score (nSPS) is 16.0. The van der Waals surface area contributed by atoms with Gasteiger partial charge in [-0.1, -0.05) is 0 Å². The predicted octanol–water partition coefficient (Wildman–Crippen LogP) is 3.95. The van der Waals surface area contributed by atoms with Gasteiger partial charge in [0.15, 0.2) is 0 Å². The molecule has 1 aromatic heterocycles. The molecular weight excluding hydrogens is 350 g/mol. The first-order valence-corrected chi connectivity index (χ1v) is 9.44. The lowest BCUT2D eigenvalue weighted by molar-refractivity contribution is -0.116. The Morgan fingerprint density at radius 3 is 2.74 bits per heavy atom. The maximum absolute atomic E-state index is 13.6. The lowest BCUT2D eigenvalue weighted by atomic mass is 9.95. The van der Waals surface area contributed by atoms with Crippen LogP contribution in [0.15, 0.2) is 30.6 Å². The fraction of sp³-hybridized carbons (Fsp3) is 0.500. The van der Waals surface area contributed by atoms with Gasteiger partial charge in [0, 0.05) is 43.4 Å². The summed E-state index contributed by atoms with van der Waals surface area (Å²) in [6.07, 6.45) is 6.15. The number of amides is 1. The molecular formula is C20H26F2N4O. The van der Waals surface area contributed by atoms with Gasteiger partial charge < -0.3 is 14.8 Å². The summed E-state index contributed by atoms with van der Waals surface area (Å²) in [4.78, 5) is 18.8. The summed E-state index contributed by atoms with van der Waals surface area (Å²) in [6.45, 7) is 6.71. The molecule has 0 radical (unpaired) electrons. The summed E-state index contributed by atoms with van der Waals surface area (Å²) >= 11 is 0. The van der Waals surface area contributed by atoms with Crippen molar-refractivity contribution in [2.75, 3.05) is 25.0 Å². The van der Waals surface area contributed by atoms with Crippen molar-refractivity contribution in [1.29, 1.82) is 0 Å². The number of benzene rings is 1. The SMILES string of the molecule is CC(C)n1ccnc1C1CCN(CCC(=O)Nc2cc(F)ccc2F)CC1. The molecule has 2 heterocycles. The number of nitrogens with zero attached hydrogens (tertiary/aromatic N) is 3. The molecule has 1 amide bonds. The van der Waals surface area contributed by atoms with E-state index in [1.807, 2.05) is 12.4 Å². The van der Waals surface area contributed by atoms with Crippen molar-refractivity contribution in [3.05, 3.63) is 48.1 Å². The second kappa shape index (κ2) is 8.61. The number of imidazole rings is 1. The van der Waals surface area contributed by atoms with Gasteiger partial charge in [0.25, 0.3) is 0 Å². The quantitative estimate of drug-likeness (QED) is 0.831. The molecule has 27 heavy (non-hydrogen) atoms. The van der Waals surface area contributed by atoms with Gasteiger partial charge in [-0.05, 0) is 51.9 Å². The third-order valence-electron chi connectivity index (χ3n) is 5.07. The van der Waals surface area contributed by atoms with Crippen molar-refractivity contribution in [2.24, 2.45) is 0 Å². The summed E-state index contributed by atoms with van der Waals surface area (Å²) in [5, 5.41) is 2.45. The van der Waals surface area contributed by atoms with Gasteiger partial charge in [-0.15, -0.1) is 0 Å². The third-order valence-corrected chi connectivity index (χ3v) is 5.07. The molecule has 0 aliphatic carbocycles. The fourth-order valence-corrected chi connectivity index (χ4v) is 3.56. The van der Waals surface area contributed by atoms with Crippen LogP contribution >= 0.6 is 0 Å². The second-order valence-corrected chi connectivity index (χ2v) is 7.32. The van der Waals surface area contributed by atoms with Crippen LogP contribution in [-0.4, -0.2) is 40.0 Å². The molecule has 7 heteroatoms. The number of likely N-dealkylation sites (tertiary alicyclic amines) is 1. The Bertz CT molecular complexity index is 782. The fourth-order valence-electron chi connectivity index (χ4n) is 3.56. The van der Waals surface area contributed by atoms with Crippen LogP contribution in [-0.2, 0) is 4.79 Å². The molecule has 3 rings (SSSR count). The van der Waals surface area contributed by atoms with Crippen molar-refractivity contribution in [3.63, 3.8) is 0 Å². The van der Waals surface area contributed by atoms with Crippen LogP contribution in [0, 0.1) is 11.6 Å². The van der Waals surface area contributed by atoms with Crippen molar-refractivity contribution in [2.45, 2.75) is 45.1 Å². The molecule has 5 nitrogen and oxygen atoms in total. The smallest absolute Gasteiger partial charge is 0.225 e. The zero-order valence-electron chi connectivity index (χ0n) is 15.8. The molecule has 0 bridgehead atoms. The first-order valence-electron chi connectivity index (χ1n) is 9.44. The zero-order valence-corrected chi connectivity index (χ0v) is 15.8. The van der Waals surface area contributed by atoms with Gasteiger partial charge in [-0.3, -0.25) is 4.79 Å². The predicted molar refractivity (Wildman–Crippen MR) is 101 cm³/mol. The standard InChI is InChI=1S/C20H26F2N4O/c1-14(2)26-12-8-23-20(26)15-5-9-25(10-6-15)11-7-19(27)24-18-13-16(21)3-4-17(18)22/h3-4,8,12-15H,5-7,9-11H2,1-2H3,(H,24,27). The number of nitrogens with one attached hydrogen (secondary N) is 1. The highest BCUT2D eigenvalue weighted by Gasteiger charge is 2.24. The third kappa shape index (κ3) is 4.91. The first kappa shape index (κ1) is 19.5. The average molecular weight is 376 g/mol. The van der Waals surface area contributed by atoms with Gasteiger partial charge >= 0.3 is 0 Å². The number of aromatic nitrogens is 2.